The summed E-state index contributed by atoms with van der Waals surface area (Å²) in [5, 5.41) is 16.5. The van der Waals surface area contributed by atoms with Gasteiger partial charge in [0.1, 0.15) is 15.7 Å². The summed E-state index contributed by atoms with van der Waals surface area (Å²) in [4.78, 5) is 0. The smallest absolute Gasteiger partial charge is 0.288 e. The molecule has 2 rings (SSSR count). The highest BCUT2D eigenvalue weighted by molar-refractivity contribution is 6.34. The van der Waals surface area contributed by atoms with E-state index in [0.717, 1.165) is 11.6 Å². The molecule has 0 aliphatic rings. The first-order valence-corrected chi connectivity index (χ1v) is 7.39. The SMILES string of the molecule is CCn1nc(-c2c(C)cc(Cl)c(C)[n+]2[O-])c(Cl)c1C(C)(F)F. The molecule has 2 aromatic rings. The van der Waals surface area contributed by atoms with E-state index in [0.29, 0.717) is 15.3 Å². The molecule has 120 valence electrons. The number of hydrogen-bond acceptors (Lipinski definition) is 2. The molecule has 0 saturated carbocycles. The minimum absolute atomic E-state index is 0.0345. The van der Waals surface area contributed by atoms with Gasteiger partial charge in [-0.05, 0) is 19.9 Å². The predicted molar refractivity (Wildman–Crippen MR) is 81.4 cm³/mol. The molecule has 2 heterocycles. The van der Waals surface area contributed by atoms with Crippen LogP contribution in [-0.4, -0.2) is 9.78 Å². The molecule has 0 fully saturated rings. The summed E-state index contributed by atoms with van der Waals surface area (Å²) in [7, 11) is 0. The summed E-state index contributed by atoms with van der Waals surface area (Å²) in [6.45, 7) is 5.83. The number of alkyl halides is 2. The monoisotopic (exact) mass is 349 g/mol. The van der Waals surface area contributed by atoms with Gasteiger partial charge in [-0.25, -0.2) is 0 Å². The van der Waals surface area contributed by atoms with Crippen LogP contribution >= 0.6 is 23.2 Å². The van der Waals surface area contributed by atoms with Crippen molar-refractivity contribution in [3.05, 3.63) is 38.3 Å². The molecule has 2 aromatic heterocycles. The third kappa shape index (κ3) is 2.65. The summed E-state index contributed by atoms with van der Waals surface area (Å²) < 4.78 is 29.3. The van der Waals surface area contributed by atoms with Crippen molar-refractivity contribution >= 4 is 23.2 Å². The highest BCUT2D eigenvalue weighted by Gasteiger charge is 2.36. The molecule has 8 heteroatoms. The second kappa shape index (κ2) is 5.66. The van der Waals surface area contributed by atoms with E-state index in [-0.39, 0.29) is 28.6 Å². The van der Waals surface area contributed by atoms with Gasteiger partial charge in [0.05, 0.1) is 0 Å². The number of pyridine rings is 1. The molecule has 0 aliphatic heterocycles. The van der Waals surface area contributed by atoms with Crippen molar-refractivity contribution in [2.45, 2.75) is 40.2 Å². The molecular formula is C14H15Cl2F2N3O. The van der Waals surface area contributed by atoms with E-state index in [9.17, 15) is 14.0 Å². The van der Waals surface area contributed by atoms with Gasteiger partial charge in [-0.15, -0.1) is 0 Å². The quantitative estimate of drug-likeness (QED) is 0.614. The lowest BCUT2D eigenvalue weighted by molar-refractivity contribution is -0.601. The fourth-order valence-electron chi connectivity index (χ4n) is 2.31. The van der Waals surface area contributed by atoms with Crippen molar-refractivity contribution in [2.75, 3.05) is 0 Å². The van der Waals surface area contributed by atoms with Crippen molar-refractivity contribution in [1.82, 2.24) is 9.78 Å². The Morgan fingerprint density at radius 2 is 1.95 bits per heavy atom. The van der Waals surface area contributed by atoms with Gasteiger partial charge < -0.3 is 5.21 Å². The van der Waals surface area contributed by atoms with Crippen LogP contribution < -0.4 is 4.73 Å². The molecule has 4 nitrogen and oxygen atoms in total. The lowest BCUT2D eigenvalue weighted by atomic mass is 10.1. The Morgan fingerprint density at radius 3 is 2.41 bits per heavy atom. The van der Waals surface area contributed by atoms with E-state index in [1.165, 1.54) is 0 Å². The molecule has 0 aliphatic carbocycles. The van der Waals surface area contributed by atoms with Crippen LogP contribution in [0.4, 0.5) is 8.78 Å². The van der Waals surface area contributed by atoms with Crippen LogP contribution in [-0.2, 0) is 12.5 Å². The molecule has 0 bridgehead atoms. The van der Waals surface area contributed by atoms with Gasteiger partial charge in [0.15, 0.2) is 5.69 Å². The average Bonchev–Trinajstić information content (AvgIpc) is 2.73. The number of aromatic nitrogens is 3. The van der Waals surface area contributed by atoms with E-state index in [2.05, 4.69) is 5.10 Å². The fourth-order valence-corrected chi connectivity index (χ4v) is 2.94. The van der Waals surface area contributed by atoms with Gasteiger partial charge >= 0.3 is 0 Å². The number of halogens is 4. The molecule has 0 unspecified atom stereocenters. The maximum Gasteiger partial charge on any atom is 0.288 e. The molecule has 0 atom stereocenters. The van der Waals surface area contributed by atoms with Crippen molar-refractivity contribution < 1.29 is 13.5 Å². The molecule has 0 radical (unpaired) electrons. The summed E-state index contributed by atoms with van der Waals surface area (Å²) in [5.74, 6) is -3.17. The first kappa shape index (κ1) is 17.0. The summed E-state index contributed by atoms with van der Waals surface area (Å²) in [6, 6.07) is 1.59. The van der Waals surface area contributed by atoms with Crippen molar-refractivity contribution in [3.63, 3.8) is 0 Å². The number of hydrogen-bond donors (Lipinski definition) is 0. The van der Waals surface area contributed by atoms with Crippen LogP contribution in [0.25, 0.3) is 11.4 Å². The van der Waals surface area contributed by atoms with Gasteiger partial charge in [0.2, 0.25) is 11.4 Å². The highest BCUT2D eigenvalue weighted by Crippen LogP contribution is 2.39. The maximum atomic E-state index is 13.8. The zero-order valence-electron chi connectivity index (χ0n) is 12.5. The second-order valence-electron chi connectivity index (χ2n) is 5.12. The average molecular weight is 350 g/mol. The van der Waals surface area contributed by atoms with Gasteiger partial charge in [0.25, 0.3) is 5.92 Å². The number of aryl methyl sites for hydroxylation is 2. The zero-order chi connectivity index (χ0) is 16.8. The zero-order valence-corrected chi connectivity index (χ0v) is 14.1. The first-order valence-electron chi connectivity index (χ1n) is 6.63. The van der Waals surface area contributed by atoms with Crippen molar-refractivity contribution in [2.24, 2.45) is 0 Å². The van der Waals surface area contributed by atoms with Crippen LogP contribution in [0, 0.1) is 19.1 Å². The predicted octanol–water partition coefficient (Wildman–Crippen LogP) is 4.24. The molecular weight excluding hydrogens is 335 g/mol. The van der Waals surface area contributed by atoms with Crippen LogP contribution in [0.1, 0.15) is 30.8 Å². The molecule has 0 spiro atoms. The van der Waals surface area contributed by atoms with Gasteiger partial charge in [0, 0.05) is 26.0 Å². The van der Waals surface area contributed by atoms with Crippen LogP contribution in [0.15, 0.2) is 6.07 Å². The van der Waals surface area contributed by atoms with Crippen molar-refractivity contribution in [1.29, 1.82) is 0 Å². The Bertz CT molecular complexity index is 739. The largest absolute Gasteiger partial charge is 0.618 e. The third-order valence-electron chi connectivity index (χ3n) is 3.40. The summed E-state index contributed by atoms with van der Waals surface area (Å²) >= 11 is 12.1. The molecule has 0 saturated heterocycles. The summed E-state index contributed by atoms with van der Waals surface area (Å²) in [5.41, 5.74) is 0.531. The highest BCUT2D eigenvalue weighted by atomic mass is 35.5. The Hall–Kier alpha value is -1.40. The van der Waals surface area contributed by atoms with Crippen LogP contribution in [0.2, 0.25) is 10.0 Å². The van der Waals surface area contributed by atoms with E-state index >= 15 is 0 Å². The van der Waals surface area contributed by atoms with Gasteiger partial charge in [-0.1, -0.05) is 23.2 Å². The standard InChI is InChI=1S/C14H15Cl2F2N3O/c1-5-20-13(14(4,17)18)10(16)11(19-20)12-7(2)6-9(15)8(3)21(12)22/h6H,5H2,1-4H3. The van der Waals surface area contributed by atoms with Crippen LogP contribution in [0.5, 0.6) is 0 Å². The topological polar surface area (TPSA) is 44.8 Å². The van der Waals surface area contributed by atoms with Gasteiger partial charge in [-0.3, -0.25) is 4.68 Å². The maximum absolute atomic E-state index is 13.8. The van der Waals surface area contributed by atoms with E-state index < -0.39 is 11.6 Å². The lowest BCUT2D eigenvalue weighted by Crippen LogP contribution is -2.34. The molecule has 0 N–H and O–H groups in total. The molecule has 0 amide bonds. The van der Waals surface area contributed by atoms with E-state index in [1.54, 1.807) is 26.8 Å². The third-order valence-corrected chi connectivity index (χ3v) is 4.15. The fraction of sp³-hybridized carbons (Fsp3) is 0.429. The number of nitrogens with zero attached hydrogens (tertiary/aromatic N) is 3. The first-order chi connectivity index (χ1) is 10.1. The minimum atomic E-state index is -3.17. The Balaban J connectivity index is 2.81. The number of rotatable bonds is 3. The summed E-state index contributed by atoms with van der Waals surface area (Å²) in [6.07, 6.45) is 0. The van der Waals surface area contributed by atoms with E-state index in [4.69, 9.17) is 23.2 Å². The Kier molecular flexibility index (Phi) is 4.37. The van der Waals surface area contributed by atoms with E-state index in [1.807, 2.05) is 0 Å². The van der Waals surface area contributed by atoms with Gasteiger partial charge in [-0.2, -0.15) is 18.6 Å². The van der Waals surface area contributed by atoms with Crippen LogP contribution in [0.3, 0.4) is 0 Å². The second-order valence-corrected chi connectivity index (χ2v) is 5.90. The minimum Gasteiger partial charge on any atom is -0.618 e. The van der Waals surface area contributed by atoms with Crippen molar-refractivity contribution in [3.8, 4) is 11.4 Å². The normalized spacial score (nSPS) is 12.0. The Morgan fingerprint density at radius 1 is 1.36 bits per heavy atom. The molecule has 0 aromatic carbocycles. The molecule has 22 heavy (non-hydrogen) atoms. The lowest BCUT2D eigenvalue weighted by Gasteiger charge is -2.12. The Labute approximate surface area is 136 Å².